The van der Waals surface area contributed by atoms with E-state index in [1.807, 2.05) is 18.2 Å². The number of nitrogens with one attached hydrogen (secondary N) is 2. The number of likely N-dealkylation sites (N-methyl/N-ethyl adjacent to an activating group) is 1. The number of para-hydroxylation sites is 1. The fourth-order valence-electron chi connectivity index (χ4n) is 3.72. The lowest BCUT2D eigenvalue weighted by Crippen LogP contribution is -2.45. The number of ether oxygens (including phenoxy) is 1. The Morgan fingerprint density at radius 1 is 0.900 bits per heavy atom. The van der Waals surface area contributed by atoms with E-state index < -0.39 is 0 Å². The van der Waals surface area contributed by atoms with Gasteiger partial charge in [-0.25, -0.2) is 0 Å². The second-order valence-corrected chi connectivity index (χ2v) is 7.62. The average molecular weight is 410 g/mol. The summed E-state index contributed by atoms with van der Waals surface area (Å²) >= 11 is 0. The van der Waals surface area contributed by atoms with E-state index >= 15 is 0 Å². The number of nitrogens with zero attached hydrogens (tertiary/aromatic N) is 3. The van der Waals surface area contributed by atoms with E-state index in [0.29, 0.717) is 6.54 Å². The Morgan fingerprint density at radius 3 is 2.20 bits per heavy atom. The van der Waals surface area contributed by atoms with Crippen molar-refractivity contribution in [2.24, 2.45) is 4.99 Å². The molecule has 3 rings (SSSR count). The molecule has 162 valence electrons. The predicted molar refractivity (Wildman–Crippen MR) is 124 cm³/mol. The number of aliphatic imine (C=N–C) groups is 1. The van der Waals surface area contributed by atoms with Crippen molar-refractivity contribution < 1.29 is 4.74 Å². The van der Waals surface area contributed by atoms with E-state index in [1.54, 1.807) is 14.2 Å². The Labute approximate surface area is 180 Å². The molecule has 6 heteroatoms. The highest BCUT2D eigenvalue weighted by molar-refractivity contribution is 5.79. The summed E-state index contributed by atoms with van der Waals surface area (Å²) in [7, 11) is 3.49. The van der Waals surface area contributed by atoms with Gasteiger partial charge in [-0.05, 0) is 23.7 Å². The van der Waals surface area contributed by atoms with E-state index in [4.69, 9.17) is 4.74 Å². The third-order valence-electron chi connectivity index (χ3n) is 5.66. The molecule has 0 unspecified atom stereocenters. The molecule has 0 spiro atoms. The van der Waals surface area contributed by atoms with Gasteiger partial charge in [-0.15, -0.1) is 0 Å². The van der Waals surface area contributed by atoms with Crippen LogP contribution in [-0.4, -0.2) is 62.6 Å². The average Bonchev–Trinajstić information content (AvgIpc) is 2.81. The van der Waals surface area contributed by atoms with Gasteiger partial charge in [0.25, 0.3) is 0 Å². The van der Waals surface area contributed by atoms with Crippen molar-refractivity contribution in [2.75, 3.05) is 46.9 Å². The number of hydrogen-bond donors (Lipinski definition) is 2. The molecule has 0 aromatic heterocycles. The number of guanidine groups is 1. The zero-order valence-electron chi connectivity index (χ0n) is 18.5. The second-order valence-electron chi connectivity index (χ2n) is 7.62. The van der Waals surface area contributed by atoms with Crippen molar-refractivity contribution in [1.82, 2.24) is 20.4 Å². The molecule has 0 aliphatic carbocycles. The zero-order valence-corrected chi connectivity index (χ0v) is 18.5. The van der Waals surface area contributed by atoms with Gasteiger partial charge >= 0.3 is 0 Å². The van der Waals surface area contributed by atoms with Crippen molar-refractivity contribution in [2.45, 2.75) is 26.6 Å². The van der Waals surface area contributed by atoms with Gasteiger partial charge in [0.05, 0.1) is 7.11 Å². The van der Waals surface area contributed by atoms with Crippen LogP contribution in [0.2, 0.25) is 0 Å². The summed E-state index contributed by atoms with van der Waals surface area (Å²) in [5, 5.41) is 6.74. The van der Waals surface area contributed by atoms with Crippen molar-refractivity contribution in [3.63, 3.8) is 0 Å². The molecule has 0 amide bonds. The van der Waals surface area contributed by atoms with Crippen LogP contribution < -0.4 is 15.4 Å². The standard InChI is InChI=1S/C24H35N5O/c1-4-28-13-15-29(16-14-28)19-21-11-9-20(10-12-21)17-26-24(25-2)27-18-22-7-5-6-8-23(22)30-3/h5-12H,4,13-19H2,1-3H3,(H2,25,26,27). The molecule has 2 N–H and O–H groups in total. The number of methoxy groups -OCH3 is 1. The normalized spacial score (nSPS) is 15.8. The maximum absolute atomic E-state index is 5.41. The number of rotatable bonds is 8. The second kappa shape index (κ2) is 11.6. The number of piperazine rings is 1. The first-order valence-electron chi connectivity index (χ1n) is 10.8. The minimum atomic E-state index is 0.661. The lowest BCUT2D eigenvalue weighted by atomic mass is 10.1. The SMILES string of the molecule is CCN1CCN(Cc2ccc(CNC(=NC)NCc3ccccc3OC)cc2)CC1. The number of hydrogen-bond acceptors (Lipinski definition) is 4. The summed E-state index contributed by atoms with van der Waals surface area (Å²) in [4.78, 5) is 9.38. The maximum Gasteiger partial charge on any atom is 0.191 e. The summed E-state index contributed by atoms with van der Waals surface area (Å²) in [6.45, 7) is 10.5. The Balaban J connectivity index is 1.44. The summed E-state index contributed by atoms with van der Waals surface area (Å²) in [5.41, 5.74) is 3.73. The molecule has 0 radical (unpaired) electrons. The Kier molecular flexibility index (Phi) is 8.53. The van der Waals surface area contributed by atoms with Crippen LogP contribution in [0.4, 0.5) is 0 Å². The lowest BCUT2D eigenvalue weighted by Gasteiger charge is -2.34. The highest BCUT2D eigenvalue weighted by Crippen LogP contribution is 2.16. The Morgan fingerprint density at radius 2 is 1.53 bits per heavy atom. The topological polar surface area (TPSA) is 52.1 Å². The molecule has 1 saturated heterocycles. The Bertz CT molecular complexity index is 797. The quantitative estimate of drug-likeness (QED) is 0.519. The molecule has 2 aromatic carbocycles. The summed E-state index contributed by atoms with van der Waals surface area (Å²) in [6, 6.07) is 16.9. The highest BCUT2D eigenvalue weighted by Gasteiger charge is 2.15. The van der Waals surface area contributed by atoms with Crippen molar-refractivity contribution in [3.8, 4) is 5.75 Å². The molecule has 0 atom stereocenters. The van der Waals surface area contributed by atoms with Gasteiger partial charge < -0.3 is 20.3 Å². The first kappa shape index (κ1) is 22.1. The predicted octanol–water partition coefficient (Wildman–Crippen LogP) is 2.70. The molecule has 1 aliphatic heterocycles. The van der Waals surface area contributed by atoms with Gasteiger partial charge in [-0.1, -0.05) is 49.4 Å². The van der Waals surface area contributed by atoms with Gasteiger partial charge in [0, 0.05) is 58.4 Å². The monoisotopic (exact) mass is 409 g/mol. The molecule has 6 nitrogen and oxygen atoms in total. The van der Waals surface area contributed by atoms with Crippen LogP contribution in [0.5, 0.6) is 5.75 Å². The zero-order chi connectivity index (χ0) is 21.2. The van der Waals surface area contributed by atoms with Gasteiger partial charge in [0.15, 0.2) is 5.96 Å². The molecular weight excluding hydrogens is 374 g/mol. The fourth-order valence-corrected chi connectivity index (χ4v) is 3.72. The molecule has 1 aliphatic rings. The van der Waals surface area contributed by atoms with E-state index in [2.05, 4.69) is 62.7 Å². The molecule has 0 bridgehead atoms. The Hall–Kier alpha value is -2.57. The smallest absolute Gasteiger partial charge is 0.191 e. The minimum absolute atomic E-state index is 0.661. The van der Waals surface area contributed by atoms with Crippen LogP contribution >= 0.6 is 0 Å². The molecule has 2 aromatic rings. The van der Waals surface area contributed by atoms with Crippen LogP contribution in [-0.2, 0) is 19.6 Å². The number of benzene rings is 2. The van der Waals surface area contributed by atoms with Crippen LogP contribution in [0.15, 0.2) is 53.5 Å². The molecular formula is C24H35N5O. The van der Waals surface area contributed by atoms with Crippen LogP contribution in [0.3, 0.4) is 0 Å². The molecule has 30 heavy (non-hydrogen) atoms. The molecule has 0 saturated carbocycles. The summed E-state index contributed by atoms with van der Waals surface area (Å²) < 4.78 is 5.41. The first-order chi connectivity index (χ1) is 14.7. The maximum atomic E-state index is 5.41. The van der Waals surface area contributed by atoms with Gasteiger partial charge in [0.1, 0.15) is 5.75 Å². The fraction of sp³-hybridized carbons (Fsp3) is 0.458. The molecule has 1 fully saturated rings. The van der Waals surface area contributed by atoms with Gasteiger partial charge in [-0.2, -0.15) is 0 Å². The van der Waals surface area contributed by atoms with Crippen LogP contribution in [0.1, 0.15) is 23.6 Å². The molecule has 1 heterocycles. The van der Waals surface area contributed by atoms with E-state index in [-0.39, 0.29) is 0 Å². The summed E-state index contributed by atoms with van der Waals surface area (Å²) in [6.07, 6.45) is 0. The van der Waals surface area contributed by atoms with Crippen molar-refractivity contribution >= 4 is 5.96 Å². The van der Waals surface area contributed by atoms with Crippen molar-refractivity contribution in [1.29, 1.82) is 0 Å². The van der Waals surface area contributed by atoms with E-state index in [9.17, 15) is 0 Å². The highest BCUT2D eigenvalue weighted by atomic mass is 16.5. The van der Waals surface area contributed by atoms with E-state index in [1.165, 1.54) is 24.2 Å². The van der Waals surface area contributed by atoms with E-state index in [0.717, 1.165) is 50.0 Å². The minimum Gasteiger partial charge on any atom is -0.496 e. The van der Waals surface area contributed by atoms with Gasteiger partial charge in [-0.3, -0.25) is 9.89 Å². The van der Waals surface area contributed by atoms with Crippen LogP contribution in [0, 0.1) is 0 Å². The van der Waals surface area contributed by atoms with Crippen LogP contribution in [0.25, 0.3) is 0 Å². The van der Waals surface area contributed by atoms with Crippen molar-refractivity contribution in [3.05, 3.63) is 65.2 Å². The largest absolute Gasteiger partial charge is 0.496 e. The van der Waals surface area contributed by atoms with Gasteiger partial charge in [0.2, 0.25) is 0 Å². The third kappa shape index (κ3) is 6.47. The summed E-state index contributed by atoms with van der Waals surface area (Å²) in [5.74, 6) is 1.66. The lowest BCUT2D eigenvalue weighted by molar-refractivity contribution is 0.132. The third-order valence-corrected chi connectivity index (χ3v) is 5.66. The first-order valence-corrected chi connectivity index (χ1v) is 10.8.